The van der Waals surface area contributed by atoms with Crippen molar-refractivity contribution in [2.75, 3.05) is 151 Å². The van der Waals surface area contributed by atoms with Gasteiger partial charge >= 0.3 is 12.0 Å². The van der Waals surface area contributed by atoms with Gasteiger partial charge in [-0.3, -0.25) is 19.4 Å². The van der Waals surface area contributed by atoms with Gasteiger partial charge in [0, 0.05) is 157 Å². The molecule has 8 heterocycles. The number of alkyl halides is 4. The number of anilines is 4. The van der Waals surface area contributed by atoms with Crippen LogP contribution in [0.1, 0.15) is 35.4 Å². The summed E-state index contributed by atoms with van der Waals surface area (Å²) in [7, 11) is 1.60. The maximum Gasteiger partial charge on any atom is 0.318 e. The molecule has 4 fully saturated rings. The van der Waals surface area contributed by atoms with Gasteiger partial charge in [0.1, 0.15) is 47.8 Å². The standard InChI is InChI=1S/C33H40F2N6O4.C31H36F2N6O3.ClH/c1-3-31(42)39-12-14-40(15-13-39)32-26-9-11-41(30-18-24(45-22-43-2)17-23-7-4-5-8-25(23)30)21-29(26)36-33(37-32)44-16-6-10-38-19-27(34)28(35)20-38;1-2-29(41)37-11-13-38(14-12-37)30-24-8-10-39(28-17-22(40)16-21-6-3-4-7-23(21)28)20-27(24)34-31(35-30)42-15-5-9-36-18-25(32)26(33)19-36;/h3-5,7-8,17-18,27-28H,1,6,9-16,19-22H2,2H3;2-4,6-7,16-17,25-26,40H,1,5,8-15,18-20H2;1H/t27-,28+;25-,26+;. The lowest BCUT2D eigenvalue weighted by molar-refractivity contribution is -0.127. The van der Waals surface area contributed by atoms with E-state index in [1.165, 1.54) is 12.2 Å². The first-order chi connectivity index (χ1) is 42.3. The third-order valence-corrected chi connectivity index (χ3v) is 17.1. The van der Waals surface area contributed by atoms with Crippen LogP contribution in [0.15, 0.2) is 98.1 Å². The Bertz CT molecular complexity index is 3410. The Hall–Kier alpha value is -7.73. The predicted molar refractivity (Wildman–Crippen MR) is 334 cm³/mol. The van der Waals surface area contributed by atoms with Crippen molar-refractivity contribution in [2.45, 2.75) is 63.5 Å². The number of aromatic nitrogens is 4. The average Bonchev–Trinajstić information content (AvgIpc) is 1.18. The van der Waals surface area contributed by atoms with Crippen molar-refractivity contribution in [3.63, 3.8) is 0 Å². The van der Waals surface area contributed by atoms with Crippen LogP contribution in [-0.4, -0.2) is 213 Å². The monoisotopic (exact) mass is 1240 g/mol. The normalized spacial score (nSPS) is 20.5. The molecule has 2 amide bonds. The number of benzene rings is 4. The predicted octanol–water partition coefficient (Wildman–Crippen LogP) is 7.69. The summed E-state index contributed by atoms with van der Waals surface area (Å²) in [5.41, 5.74) is 5.88. The van der Waals surface area contributed by atoms with E-state index in [2.05, 4.69) is 51.0 Å². The zero-order valence-corrected chi connectivity index (χ0v) is 50.5. The van der Waals surface area contributed by atoms with E-state index in [0.29, 0.717) is 111 Å². The number of piperazine rings is 2. The van der Waals surface area contributed by atoms with Gasteiger partial charge in [0.25, 0.3) is 0 Å². The molecule has 470 valence electrons. The fourth-order valence-corrected chi connectivity index (χ4v) is 12.5. The van der Waals surface area contributed by atoms with Crippen LogP contribution >= 0.6 is 12.4 Å². The van der Waals surface area contributed by atoms with E-state index >= 15 is 0 Å². The fourth-order valence-electron chi connectivity index (χ4n) is 12.5. The number of halogens is 5. The van der Waals surface area contributed by atoms with Gasteiger partial charge in [0.05, 0.1) is 37.7 Å². The number of phenols is 1. The summed E-state index contributed by atoms with van der Waals surface area (Å²) >= 11 is 0. The molecule has 0 aliphatic carbocycles. The molecule has 6 aliphatic rings. The highest BCUT2D eigenvalue weighted by Crippen LogP contribution is 2.39. The van der Waals surface area contributed by atoms with Gasteiger partial charge in [0.2, 0.25) is 11.8 Å². The van der Waals surface area contributed by atoms with Crippen molar-refractivity contribution in [1.29, 1.82) is 0 Å². The topological polar surface area (TPSA) is 169 Å². The van der Waals surface area contributed by atoms with Crippen LogP contribution in [-0.2, 0) is 40.3 Å². The molecule has 0 unspecified atom stereocenters. The third-order valence-electron chi connectivity index (χ3n) is 17.1. The number of carbonyl (C=O) groups excluding carboxylic acids is 2. The molecule has 24 heteroatoms. The van der Waals surface area contributed by atoms with E-state index in [-0.39, 0.29) is 75.0 Å². The van der Waals surface area contributed by atoms with E-state index < -0.39 is 24.7 Å². The Morgan fingerprint density at radius 3 is 1.44 bits per heavy atom. The van der Waals surface area contributed by atoms with E-state index in [1.807, 2.05) is 42.5 Å². The fraction of sp³-hybridized carbons (Fsp3) is 0.469. The first-order valence-electron chi connectivity index (χ1n) is 30.1. The van der Waals surface area contributed by atoms with Gasteiger partial charge in [0.15, 0.2) is 6.79 Å². The van der Waals surface area contributed by atoms with Crippen molar-refractivity contribution in [1.82, 2.24) is 39.5 Å². The highest BCUT2D eigenvalue weighted by molar-refractivity contribution is 5.97. The molecule has 4 saturated heterocycles. The molecule has 0 bridgehead atoms. The zero-order valence-electron chi connectivity index (χ0n) is 49.7. The number of aromatic hydroxyl groups is 1. The Balaban J connectivity index is 0.000000193. The Morgan fingerprint density at radius 1 is 0.568 bits per heavy atom. The molecule has 0 saturated carbocycles. The van der Waals surface area contributed by atoms with Gasteiger partial charge in [-0.1, -0.05) is 61.7 Å². The third kappa shape index (κ3) is 14.7. The van der Waals surface area contributed by atoms with Gasteiger partial charge in [-0.15, -0.1) is 12.4 Å². The highest BCUT2D eigenvalue weighted by Gasteiger charge is 2.35. The van der Waals surface area contributed by atoms with Gasteiger partial charge in [-0.05, 0) is 60.7 Å². The lowest BCUT2D eigenvalue weighted by atomic mass is 10.0. The van der Waals surface area contributed by atoms with Crippen LogP contribution in [0.2, 0.25) is 0 Å². The summed E-state index contributed by atoms with van der Waals surface area (Å²) in [6.07, 6.45) is -0.356. The number of hydrogen-bond acceptors (Lipinski definition) is 17. The highest BCUT2D eigenvalue weighted by atomic mass is 35.5. The molecule has 6 aliphatic heterocycles. The minimum Gasteiger partial charge on any atom is -0.508 e. The van der Waals surface area contributed by atoms with Crippen LogP contribution in [0.5, 0.6) is 23.5 Å². The van der Waals surface area contributed by atoms with Gasteiger partial charge < -0.3 is 53.5 Å². The molecule has 4 aromatic carbocycles. The van der Waals surface area contributed by atoms with Gasteiger partial charge in [-0.2, -0.15) is 19.9 Å². The van der Waals surface area contributed by atoms with Crippen molar-refractivity contribution in [3.05, 3.63) is 121 Å². The molecule has 6 aromatic rings. The first kappa shape index (κ1) is 63.3. The molecule has 2 aromatic heterocycles. The summed E-state index contributed by atoms with van der Waals surface area (Å²) < 4.78 is 77.4. The number of carbonyl (C=O) groups is 2. The minimum absolute atomic E-state index is 0. The molecule has 19 nitrogen and oxygen atoms in total. The van der Waals surface area contributed by atoms with Crippen molar-refractivity contribution in [2.24, 2.45) is 0 Å². The summed E-state index contributed by atoms with van der Waals surface area (Å²) in [6, 6.07) is 24.4. The maximum absolute atomic E-state index is 13.6. The second kappa shape index (κ2) is 29.1. The molecule has 0 spiro atoms. The molecule has 88 heavy (non-hydrogen) atoms. The van der Waals surface area contributed by atoms with Gasteiger partial charge in [-0.25, -0.2) is 17.6 Å². The molecule has 1 N–H and O–H groups in total. The number of methoxy groups -OCH3 is 1. The molecule has 4 atom stereocenters. The number of nitrogens with zero attached hydrogens (tertiary/aromatic N) is 12. The molecule has 0 radical (unpaired) electrons. The van der Waals surface area contributed by atoms with E-state index in [0.717, 1.165) is 92.3 Å². The first-order valence-corrected chi connectivity index (χ1v) is 30.1. The van der Waals surface area contributed by atoms with Crippen LogP contribution < -0.4 is 33.8 Å². The van der Waals surface area contributed by atoms with Crippen LogP contribution in [0, 0.1) is 0 Å². The van der Waals surface area contributed by atoms with Crippen molar-refractivity contribution in [3.8, 4) is 23.5 Å². The minimum atomic E-state index is -1.42. The van der Waals surface area contributed by atoms with E-state index in [1.54, 1.807) is 38.8 Å². The van der Waals surface area contributed by atoms with E-state index in [9.17, 15) is 32.3 Å². The quantitative estimate of drug-likeness (QED) is 0.0362. The lowest BCUT2D eigenvalue weighted by Gasteiger charge is -2.38. The number of phenolic OH excluding ortho intramolecular Hbond substituents is 1. The molecule has 12 rings (SSSR count). The SMILES string of the molecule is C=CC(=O)N1CCN(c2nc(OCCCN3C[C@@H](F)[C@@H](F)C3)nc3c2CCN(c2cc(O)cc4ccccc24)C3)CC1.C=CC(=O)N1CCN(c2nc(OCCCN3C[C@@H](F)[C@@H](F)C3)nc3c2CCN(c2cc(OCOC)cc4ccccc24)C3)CC1.Cl. The smallest absolute Gasteiger partial charge is 0.318 e. The Labute approximate surface area is 516 Å². The summed E-state index contributed by atoms with van der Waals surface area (Å²) in [4.78, 5) is 59.8. The Kier molecular flexibility index (Phi) is 20.9. The number of fused-ring (bicyclic) bond motifs is 4. The second-order valence-corrected chi connectivity index (χ2v) is 22.8. The van der Waals surface area contributed by atoms with Crippen LogP contribution in [0.25, 0.3) is 21.5 Å². The maximum atomic E-state index is 13.6. The lowest BCUT2D eigenvalue weighted by Crippen LogP contribution is -2.49. The van der Waals surface area contributed by atoms with E-state index in [4.69, 9.17) is 38.9 Å². The number of rotatable bonds is 19. The van der Waals surface area contributed by atoms with Crippen LogP contribution in [0.4, 0.5) is 40.6 Å². The number of hydrogen-bond donors (Lipinski definition) is 1. The summed E-state index contributed by atoms with van der Waals surface area (Å²) in [5, 5.41) is 14.7. The summed E-state index contributed by atoms with van der Waals surface area (Å²) in [5.74, 6) is 2.45. The summed E-state index contributed by atoms with van der Waals surface area (Å²) in [6.45, 7) is 17.0. The zero-order chi connectivity index (χ0) is 60.6. The van der Waals surface area contributed by atoms with Crippen molar-refractivity contribution < 1.29 is 51.2 Å². The second-order valence-electron chi connectivity index (χ2n) is 22.8. The molecular formula is C64H77ClF4N12O7. The van der Waals surface area contributed by atoms with Crippen LogP contribution in [0.3, 0.4) is 0 Å². The molecular weight excluding hydrogens is 1160 g/mol. The Morgan fingerprint density at radius 2 is 1.00 bits per heavy atom. The number of ether oxygens (including phenoxy) is 4. The average molecular weight is 1240 g/mol. The van der Waals surface area contributed by atoms with Crippen molar-refractivity contribution >= 4 is 68.8 Å². The number of likely N-dealkylation sites (tertiary alicyclic amines) is 2. The number of amides is 2. The largest absolute Gasteiger partial charge is 0.508 e.